The van der Waals surface area contributed by atoms with E-state index in [0.29, 0.717) is 11.1 Å². The molecule has 0 aliphatic carbocycles. The molecule has 0 aliphatic rings. The molecule has 0 fully saturated rings. The van der Waals surface area contributed by atoms with Crippen LogP contribution in [0.15, 0.2) is 48.5 Å². The zero-order valence-electron chi connectivity index (χ0n) is 13.3. The van der Waals surface area contributed by atoms with Crippen molar-refractivity contribution in [2.45, 2.75) is 32.6 Å². The zero-order chi connectivity index (χ0) is 16.3. The highest BCUT2D eigenvalue weighted by Gasteiger charge is 2.30. The van der Waals surface area contributed by atoms with Crippen LogP contribution in [-0.2, 0) is 5.41 Å². The molecule has 113 valence electrons. The highest BCUT2D eigenvalue weighted by atomic mass is 16.1. The predicted octanol–water partition coefficient (Wildman–Crippen LogP) is 4.62. The first kappa shape index (κ1) is 16.2. The van der Waals surface area contributed by atoms with Crippen LogP contribution < -0.4 is 0 Å². The molecule has 0 spiro atoms. The SMILES string of the molecule is [CH2]C(CC)(c1cccc(C(C)=O)c1)c1ccccc1C(C)=O. The van der Waals surface area contributed by atoms with E-state index in [1.54, 1.807) is 19.9 Å². The molecule has 0 N–H and O–H groups in total. The van der Waals surface area contributed by atoms with E-state index >= 15 is 0 Å². The normalized spacial score (nSPS) is 13.5. The van der Waals surface area contributed by atoms with E-state index in [1.807, 2.05) is 49.4 Å². The molecule has 2 nitrogen and oxygen atoms in total. The summed E-state index contributed by atoms with van der Waals surface area (Å²) >= 11 is 0. The molecule has 0 bridgehead atoms. The molecule has 0 saturated carbocycles. The number of Topliss-reactive ketones (excluding diaryl/α,β-unsaturated/α-hetero) is 2. The third-order valence-electron chi connectivity index (χ3n) is 4.25. The Hall–Kier alpha value is -2.22. The number of carbonyl (C=O) groups is 2. The van der Waals surface area contributed by atoms with Crippen LogP contribution in [0.3, 0.4) is 0 Å². The number of carbonyl (C=O) groups excluding carboxylic acids is 2. The lowest BCUT2D eigenvalue weighted by atomic mass is 9.71. The summed E-state index contributed by atoms with van der Waals surface area (Å²) in [5, 5.41) is 0. The van der Waals surface area contributed by atoms with Gasteiger partial charge in [0.1, 0.15) is 0 Å². The van der Waals surface area contributed by atoms with Gasteiger partial charge in [-0.25, -0.2) is 0 Å². The average Bonchev–Trinajstić information content (AvgIpc) is 2.54. The Balaban J connectivity index is 2.66. The first-order chi connectivity index (χ1) is 10.4. The Morgan fingerprint density at radius 1 is 1.00 bits per heavy atom. The zero-order valence-corrected chi connectivity index (χ0v) is 13.3. The van der Waals surface area contributed by atoms with Crippen molar-refractivity contribution in [3.8, 4) is 0 Å². The molecule has 0 heterocycles. The number of hydrogen-bond acceptors (Lipinski definition) is 2. The molecular weight excluding hydrogens is 272 g/mol. The van der Waals surface area contributed by atoms with Crippen LogP contribution in [0, 0.1) is 6.92 Å². The van der Waals surface area contributed by atoms with Crippen molar-refractivity contribution in [3.63, 3.8) is 0 Å². The minimum absolute atomic E-state index is 0.0276. The molecule has 2 aromatic rings. The summed E-state index contributed by atoms with van der Waals surface area (Å²) in [6.07, 6.45) is 0.735. The maximum Gasteiger partial charge on any atom is 0.160 e. The van der Waals surface area contributed by atoms with Crippen molar-refractivity contribution < 1.29 is 9.59 Å². The summed E-state index contributed by atoms with van der Waals surface area (Å²) in [5.41, 5.74) is 2.67. The molecule has 22 heavy (non-hydrogen) atoms. The second-order valence-electron chi connectivity index (χ2n) is 5.67. The molecule has 0 amide bonds. The Morgan fingerprint density at radius 2 is 1.68 bits per heavy atom. The van der Waals surface area contributed by atoms with Crippen LogP contribution in [-0.4, -0.2) is 11.6 Å². The van der Waals surface area contributed by atoms with E-state index in [0.717, 1.165) is 17.5 Å². The number of ketones is 2. The predicted molar refractivity (Wildman–Crippen MR) is 89.3 cm³/mol. The first-order valence-electron chi connectivity index (χ1n) is 7.47. The maximum atomic E-state index is 12.0. The van der Waals surface area contributed by atoms with Gasteiger partial charge in [-0.05, 0) is 44.4 Å². The second kappa shape index (κ2) is 6.27. The summed E-state index contributed by atoms with van der Waals surface area (Å²) in [7, 11) is 0. The molecule has 1 atom stereocenters. The average molecular weight is 293 g/mol. The van der Waals surface area contributed by atoms with Crippen LogP contribution in [0.2, 0.25) is 0 Å². The Kier molecular flexibility index (Phi) is 4.60. The fourth-order valence-electron chi connectivity index (χ4n) is 2.79. The van der Waals surface area contributed by atoms with Crippen molar-refractivity contribution in [1.29, 1.82) is 0 Å². The highest BCUT2D eigenvalue weighted by Crippen LogP contribution is 2.37. The Bertz CT molecular complexity index is 715. The number of hydrogen-bond donors (Lipinski definition) is 0. The van der Waals surface area contributed by atoms with Crippen molar-refractivity contribution in [2.75, 3.05) is 0 Å². The van der Waals surface area contributed by atoms with Gasteiger partial charge in [-0.3, -0.25) is 9.59 Å². The lowest BCUT2D eigenvalue weighted by molar-refractivity contribution is 0.100. The summed E-state index contributed by atoms with van der Waals surface area (Å²) < 4.78 is 0. The molecule has 2 rings (SSSR count). The molecule has 0 aromatic heterocycles. The van der Waals surface area contributed by atoms with Crippen LogP contribution in [0.1, 0.15) is 59.0 Å². The minimum atomic E-state index is -0.548. The van der Waals surface area contributed by atoms with Crippen molar-refractivity contribution in [3.05, 3.63) is 77.7 Å². The minimum Gasteiger partial charge on any atom is -0.295 e. The Labute approximate surface area is 132 Å². The van der Waals surface area contributed by atoms with E-state index < -0.39 is 5.41 Å². The number of benzene rings is 2. The van der Waals surface area contributed by atoms with Crippen molar-refractivity contribution in [1.82, 2.24) is 0 Å². The van der Waals surface area contributed by atoms with Gasteiger partial charge in [0.25, 0.3) is 0 Å². The van der Waals surface area contributed by atoms with Gasteiger partial charge in [-0.2, -0.15) is 0 Å². The smallest absolute Gasteiger partial charge is 0.160 e. The van der Waals surface area contributed by atoms with Crippen LogP contribution >= 0.6 is 0 Å². The van der Waals surface area contributed by atoms with E-state index in [2.05, 4.69) is 6.92 Å². The Morgan fingerprint density at radius 3 is 2.27 bits per heavy atom. The van der Waals surface area contributed by atoms with Crippen LogP contribution in [0.4, 0.5) is 0 Å². The lowest BCUT2D eigenvalue weighted by Crippen LogP contribution is -2.26. The summed E-state index contributed by atoms with van der Waals surface area (Å²) in [5.74, 6) is 0.0555. The molecule has 1 unspecified atom stereocenters. The third kappa shape index (κ3) is 2.87. The summed E-state index contributed by atoms with van der Waals surface area (Å²) in [4.78, 5) is 23.6. The van der Waals surface area contributed by atoms with Crippen molar-refractivity contribution >= 4 is 11.6 Å². The van der Waals surface area contributed by atoms with Crippen molar-refractivity contribution in [2.24, 2.45) is 0 Å². The van der Waals surface area contributed by atoms with Gasteiger partial charge in [0.2, 0.25) is 0 Å². The highest BCUT2D eigenvalue weighted by molar-refractivity contribution is 5.96. The van der Waals surface area contributed by atoms with Gasteiger partial charge < -0.3 is 0 Å². The summed E-state index contributed by atoms with van der Waals surface area (Å²) in [6, 6.07) is 15.1. The van der Waals surface area contributed by atoms with Gasteiger partial charge in [0, 0.05) is 16.5 Å². The monoisotopic (exact) mass is 293 g/mol. The fraction of sp³-hybridized carbons (Fsp3) is 0.250. The largest absolute Gasteiger partial charge is 0.295 e. The molecule has 0 saturated heterocycles. The fourth-order valence-corrected chi connectivity index (χ4v) is 2.79. The maximum absolute atomic E-state index is 12.0. The third-order valence-corrected chi connectivity index (χ3v) is 4.25. The van der Waals surface area contributed by atoms with Crippen LogP contribution in [0.25, 0.3) is 0 Å². The lowest BCUT2D eigenvalue weighted by Gasteiger charge is -2.31. The van der Waals surface area contributed by atoms with E-state index in [9.17, 15) is 9.59 Å². The molecular formula is C20H21O2. The quantitative estimate of drug-likeness (QED) is 0.754. The van der Waals surface area contributed by atoms with Gasteiger partial charge in [0.05, 0.1) is 0 Å². The van der Waals surface area contributed by atoms with E-state index in [4.69, 9.17) is 0 Å². The van der Waals surface area contributed by atoms with Gasteiger partial charge >= 0.3 is 0 Å². The topological polar surface area (TPSA) is 34.1 Å². The molecule has 0 aliphatic heterocycles. The summed E-state index contributed by atoms with van der Waals surface area (Å²) in [6.45, 7) is 9.58. The molecule has 1 radical (unpaired) electrons. The van der Waals surface area contributed by atoms with Gasteiger partial charge in [-0.1, -0.05) is 49.4 Å². The molecule has 2 heteroatoms. The van der Waals surface area contributed by atoms with Gasteiger partial charge in [0.15, 0.2) is 11.6 Å². The van der Waals surface area contributed by atoms with E-state index in [-0.39, 0.29) is 11.6 Å². The molecule has 2 aromatic carbocycles. The van der Waals surface area contributed by atoms with Crippen LogP contribution in [0.5, 0.6) is 0 Å². The standard InChI is InChI=1S/C20H21O2/c1-5-20(4,17-10-8-9-16(13-17)14(2)21)19-12-7-6-11-18(19)15(3)22/h6-13H,4-5H2,1-3H3. The van der Waals surface area contributed by atoms with E-state index in [1.165, 1.54) is 0 Å². The number of rotatable bonds is 5. The second-order valence-corrected chi connectivity index (χ2v) is 5.67. The van der Waals surface area contributed by atoms with Gasteiger partial charge in [-0.15, -0.1) is 0 Å². The first-order valence-corrected chi connectivity index (χ1v) is 7.47.